The lowest BCUT2D eigenvalue weighted by atomic mass is 10.0. The van der Waals surface area contributed by atoms with Crippen molar-refractivity contribution in [3.05, 3.63) is 29.8 Å². The highest BCUT2D eigenvalue weighted by molar-refractivity contribution is 7.99. The molecule has 0 spiro atoms. The van der Waals surface area contributed by atoms with Crippen LogP contribution < -0.4 is 0 Å². The smallest absolute Gasteiger partial charge is 0.230 e. The van der Waals surface area contributed by atoms with Gasteiger partial charge in [-0.05, 0) is 17.7 Å². The second kappa shape index (κ2) is 6.97. The zero-order chi connectivity index (χ0) is 17.3. The molecule has 0 aliphatic carbocycles. The van der Waals surface area contributed by atoms with Crippen molar-refractivity contribution in [1.82, 2.24) is 9.80 Å². The van der Waals surface area contributed by atoms with Crippen molar-refractivity contribution in [1.29, 1.82) is 0 Å². The number of thioether (sulfide) groups is 1. The second-order valence-electron chi connectivity index (χ2n) is 6.60. The molecule has 128 valence electrons. The van der Waals surface area contributed by atoms with E-state index in [1.807, 2.05) is 24.3 Å². The van der Waals surface area contributed by atoms with Crippen LogP contribution in [0.5, 0.6) is 0 Å². The fraction of sp³-hybridized carbons (Fsp3) is 0.500. The highest BCUT2D eigenvalue weighted by atomic mass is 32.2. The average molecular weight is 346 g/mol. The Kier molecular flexibility index (Phi) is 4.94. The van der Waals surface area contributed by atoms with Gasteiger partial charge in [-0.15, -0.1) is 11.8 Å². The summed E-state index contributed by atoms with van der Waals surface area (Å²) in [6.45, 7) is 5.24. The Morgan fingerprint density at radius 3 is 2.25 bits per heavy atom. The van der Waals surface area contributed by atoms with Gasteiger partial charge in [0.1, 0.15) is 0 Å². The molecule has 24 heavy (non-hydrogen) atoms. The molecule has 2 fully saturated rings. The van der Waals surface area contributed by atoms with Crippen LogP contribution >= 0.6 is 11.8 Å². The van der Waals surface area contributed by atoms with Crippen LogP contribution in [0.25, 0.3) is 0 Å². The number of hydrogen-bond donors (Lipinski definition) is 0. The predicted octanol–water partition coefficient (Wildman–Crippen LogP) is 2.09. The molecule has 3 amide bonds. The highest BCUT2D eigenvalue weighted by Gasteiger charge is 2.42. The molecule has 0 bridgehead atoms. The van der Waals surface area contributed by atoms with Gasteiger partial charge in [0.15, 0.2) is 0 Å². The maximum Gasteiger partial charge on any atom is 0.230 e. The Morgan fingerprint density at radius 1 is 1.12 bits per heavy atom. The molecule has 0 saturated carbocycles. The third-order valence-electron chi connectivity index (χ3n) is 4.32. The predicted molar refractivity (Wildman–Crippen MR) is 92.6 cm³/mol. The first-order valence-electron chi connectivity index (χ1n) is 8.32. The minimum Gasteiger partial charge on any atom is -0.338 e. The van der Waals surface area contributed by atoms with E-state index in [1.54, 1.807) is 16.7 Å². The van der Waals surface area contributed by atoms with Crippen molar-refractivity contribution in [3.63, 3.8) is 0 Å². The number of rotatable bonds is 5. The lowest BCUT2D eigenvalue weighted by Gasteiger charge is -2.43. The maximum atomic E-state index is 12.3. The summed E-state index contributed by atoms with van der Waals surface area (Å²) in [5, 5.41) is 0.534. The van der Waals surface area contributed by atoms with Crippen LogP contribution in [0.15, 0.2) is 29.2 Å². The van der Waals surface area contributed by atoms with E-state index in [9.17, 15) is 14.4 Å². The highest BCUT2D eigenvalue weighted by Crippen LogP contribution is 2.25. The monoisotopic (exact) mass is 346 g/mol. The summed E-state index contributed by atoms with van der Waals surface area (Å²) in [6.07, 6.45) is 0.981. The molecule has 2 aliphatic rings. The number of carbonyl (C=O) groups is 3. The van der Waals surface area contributed by atoms with E-state index in [1.165, 1.54) is 9.80 Å². The van der Waals surface area contributed by atoms with Crippen LogP contribution in [0.3, 0.4) is 0 Å². The molecule has 5 nitrogen and oxygen atoms in total. The van der Waals surface area contributed by atoms with E-state index in [0.717, 1.165) is 5.56 Å². The van der Waals surface area contributed by atoms with Gasteiger partial charge in [0.05, 0.1) is 12.5 Å². The number of amides is 3. The Hall–Kier alpha value is -1.82. The summed E-state index contributed by atoms with van der Waals surface area (Å²) in [6, 6.07) is 7.96. The second-order valence-corrected chi connectivity index (χ2v) is 8.25. The first kappa shape index (κ1) is 17.0. The van der Waals surface area contributed by atoms with Crippen molar-refractivity contribution >= 4 is 29.5 Å². The van der Waals surface area contributed by atoms with Crippen molar-refractivity contribution in [2.45, 2.75) is 49.3 Å². The van der Waals surface area contributed by atoms with Crippen LogP contribution in [0.4, 0.5) is 0 Å². The molecule has 0 N–H and O–H groups in total. The van der Waals surface area contributed by atoms with Gasteiger partial charge in [-0.2, -0.15) is 0 Å². The summed E-state index contributed by atoms with van der Waals surface area (Å²) < 4.78 is 0. The number of benzene rings is 1. The van der Waals surface area contributed by atoms with E-state index in [0.29, 0.717) is 37.6 Å². The molecular weight excluding hydrogens is 324 g/mol. The van der Waals surface area contributed by atoms with E-state index >= 15 is 0 Å². The third kappa shape index (κ3) is 3.64. The van der Waals surface area contributed by atoms with Crippen molar-refractivity contribution in [3.8, 4) is 0 Å². The molecule has 2 heterocycles. The lowest BCUT2D eigenvalue weighted by Crippen LogP contribution is -2.62. The molecule has 2 aliphatic heterocycles. The van der Waals surface area contributed by atoms with Crippen LogP contribution in [0, 0.1) is 0 Å². The molecular formula is C18H22N2O3S. The van der Waals surface area contributed by atoms with Gasteiger partial charge in [0.25, 0.3) is 0 Å². The summed E-state index contributed by atoms with van der Waals surface area (Å²) in [5.41, 5.74) is 0.991. The van der Waals surface area contributed by atoms with Gasteiger partial charge < -0.3 is 4.90 Å². The summed E-state index contributed by atoms with van der Waals surface area (Å²) >= 11 is 1.80. The fourth-order valence-electron chi connectivity index (χ4n) is 3.07. The normalized spacial score (nSPS) is 18.5. The minimum atomic E-state index is -0.124. The van der Waals surface area contributed by atoms with Crippen LogP contribution in [0.2, 0.25) is 0 Å². The van der Waals surface area contributed by atoms with Crippen molar-refractivity contribution < 1.29 is 14.4 Å². The average Bonchev–Trinajstić information content (AvgIpc) is 2.79. The number of likely N-dealkylation sites (tertiary alicyclic amines) is 2. The molecule has 0 unspecified atom stereocenters. The van der Waals surface area contributed by atoms with E-state index in [4.69, 9.17) is 0 Å². The molecule has 1 aromatic carbocycles. The third-order valence-corrected chi connectivity index (χ3v) is 5.34. The summed E-state index contributed by atoms with van der Waals surface area (Å²) in [4.78, 5) is 40.0. The first-order chi connectivity index (χ1) is 11.4. The van der Waals surface area contributed by atoms with Gasteiger partial charge in [0.2, 0.25) is 17.7 Å². The number of nitrogens with zero attached hydrogens (tertiary/aromatic N) is 2. The van der Waals surface area contributed by atoms with Gasteiger partial charge in [-0.25, -0.2) is 0 Å². The van der Waals surface area contributed by atoms with E-state index in [2.05, 4.69) is 13.8 Å². The molecule has 3 rings (SSSR count). The molecule has 0 atom stereocenters. The van der Waals surface area contributed by atoms with E-state index in [-0.39, 0.29) is 23.8 Å². The van der Waals surface area contributed by atoms with Crippen molar-refractivity contribution in [2.75, 3.05) is 13.1 Å². The number of imide groups is 1. The summed E-state index contributed by atoms with van der Waals surface area (Å²) in [5.74, 6) is -0.153. The Balaban J connectivity index is 1.50. The SMILES string of the molecule is CC(C)Sc1ccc(CC(=O)N2CC(N3C(=O)CCC3=O)C2)cc1. The van der Waals surface area contributed by atoms with Crippen molar-refractivity contribution in [2.24, 2.45) is 0 Å². The zero-order valence-corrected chi connectivity index (χ0v) is 14.8. The lowest BCUT2D eigenvalue weighted by molar-refractivity contribution is -0.151. The quantitative estimate of drug-likeness (QED) is 0.605. The molecule has 6 heteroatoms. The van der Waals surface area contributed by atoms with E-state index < -0.39 is 0 Å². The Morgan fingerprint density at radius 2 is 1.71 bits per heavy atom. The van der Waals surface area contributed by atoms with Gasteiger partial charge in [0, 0.05) is 36.1 Å². The Labute approximate surface area is 146 Å². The molecule has 0 radical (unpaired) electrons. The minimum absolute atomic E-state index is 0.0506. The summed E-state index contributed by atoms with van der Waals surface area (Å²) in [7, 11) is 0. The Bertz CT molecular complexity index is 635. The number of carbonyl (C=O) groups excluding carboxylic acids is 3. The van der Waals surface area contributed by atoms with Gasteiger partial charge in [-0.3, -0.25) is 19.3 Å². The van der Waals surface area contributed by atoms with Gasteiger partial charge in [-0.1, -0.05) is 26.0 Å². The molecule has 0 aromatic heterocycles. The largest absolute Gasteiger partial charge is 0.338 e. The molecule has 1 aromatic rings. The topological polar surface area (TPSA) is 57.7 Å². The molecule has 2 saturated heterocycles. The maximum absolute atomic E-state index is 12.3. The number of hydrogen-bond acceptors (Lipinski definition) is 4. The van der Waals surface area contributed by atoms with Crippen LogP contribution in [-0.2, 0) is 20.8 Å². The first-order valence-corrected chi connectivity index (χ1v) is 9.20. The van der Waals surface area contributed by atoms with Crippen LogP contribution in [0.1, 0.15) is 32.3 Å². The standard InChI is InChI=1S/C18H22N2O3S/c1-12(2)24-15-5-3-13(4-6-15)9-18(23)19-10-14(11-19)20-16(21)7-8-17(20)22/h3-6,12,14H,7-11H2,1-2H3. The van der Waals surface area contributed by atoms with Crippen LogP contribution in [-0.4, -0.2) is 51.9 Å². The zero-order valence-electron chi connectivity index (χ0n) is 14.0. The fourth-order valence-corrected chi connectivity index (χ4v) is 3.91. The van der Waals surface area contributed by atoms with Gasteiger partial charge >= 0.3 is 0 Å².